The standard InChI is InChI=1S/C13H19ClN2O/c1-15-8-10-4-3-7-16(10)9-11-12(14)5-2-6-13(11)17/h2,5-6,10,15,17H,3-4,7-9H2,1H3. The molecule has 0 aromatic heterocycles. The quantitative estimate of drug-likeness (QED) is 0.865. The number of likely N-dealkylation sites (N-methyl/N-ethyl adjacent to an activating group) is 1. The number of phenolic OH excluding ortho intramolecular Hbond substituents is 1. The SMILES string of the molecule is CNCC1CCCN1Cc1c(O)cccc1Cl. The van der Waals surface area contributed by atoms with Crippen molar-refractivity contribution in [3.8, 4) is 5.75 Å². The van der Waals surface area contributed by atoms with Crippen LogP contribution in [0.15, 0.2) is 18.2 Å². The first-order chi connectivity index (χ1) is 8.22. The molecular formula is C13H19ClN2O. The molecule has 0 amide bonds. The normalized spacial score (nSPS) is 20.9. The predicted octanol–water partition coefficient (Wildman–Crippen LogP) is 2.23. The number of hydrogen-bond acceptors (Lipinski definition) is 3. The van der Waals surface area contributed by atoms with E-state index < -0.39 is 0 Å². The Labute approximate surface area is 107 Å². The second-order valence-corrected chi connectivity index (χ2v) is 4.97. The van der Waals surface area contributed by atoms with Crippen LogP contribution >= 0.6 is 11.6 Å². The number of halogens is 1. The minimum atomic E-state index is 0.299. The van der Waals surface area contributed by atoms with Gasteiger partial charge in [0.15, 0.2) is 0 Å². The monoisotopic (exact) mass is 254 g/mol. The topological polar surface area (TPSA) is 35.5 Å². The van der Waals surface area contributed by atoms with Crippen molar-refractivity contribution in [2.45, 2.75) is 25.4 Å². The van der Waals surface area contributed by atoms with Crippen LogP contribution in [0.2, 0.25) is 5.02 Å². The van der Waals surface area contributed by atoms with Crippen LogP contribution in [0.25, 0.3) is 0 Å². The molecule has 1 heterocycles. The van der Waals surface area contributed by atoms with Gasteiger partial charge < -0.3 is 10.4 Å². The van der Waals surface area contributed by atoms with E-state index in [1.807, 2.05) is 13.1 Å². The van der Waals surface area contributed by atoms with E-state index in [1.54, 1.807) is 12.1 Å². The number of nitrogens with zero attached hydrogens (tertiary/aromatic N) is 1. The fraction of sp³-hybridized carbons (Fsp3) is 0.538. The van der Waals surface area contributed by atoms with E-state index in [1.165, 1.54) is 12.8 Å². The molecule has 2 rings (SSSR count). The minimum Gasteiger partial charge on any atom is -0.508 e. The molecule has 1 aromatic rings. The Morgan fingerprint density at radius 3 is 3.06 bits per heavy atom. The molecule has 1 aliphatic heterocycles. The number of benzene rings is 1. The van der Waals surface area contributed by atoms with Gasteiger partial charge in [-0.3, -0.25) is 4.90 Å². The van der Waals surface area contributed by atoms with Gasteiger partial charge in [-0.1, -0.05) is 17.7 Å². The number of nitrogens with one attached hydrogen (secondary N) is 1. The third-order valence-electron chi connectivity index (χ3n) is 3.39. The summed E-state index contributed by atoms with van der Waals surface area (Å²) >= 11 is 6.13. The van der Waals surface area contributed by atoms with Crippen LogP contribution in [0.3, 0.4) is 0 Å². The van der Waals surface area contributed by atoms with Gasteiger partial charge in [-0.2, -0.15) is 0 Å². The highest BCUT2D eigenvalue weighted by molar-refractivity contribution is 6.31. The first kappa shape index (κ1) is 12.7. The van der Waals surface area contributed by atoms with Crippen molar-refractivity contribution >= 4 is 11.6 Å². The lowest BCUT2D eigenvalue weighted by atomic mass is 10.1. The van der Waals surface area contributed by atoms with Crippen molar-refractivity contribution in [1.29, 1.82) is 0 Å². The maximum Gasteiger partial charge on any atom is 0.121 e. The van der Waals surface area contributed by atoms with Crippen LogP contribution in [0.5, 0.6) is 5.75 Å². The molecule has 0 bridgehead atoms. The van der Waals surface area contributed by atoms with E-state index in [4.69, 9.17) is 11.6 Å². The number of rotatable bonds is 4. The molecule has 1 saturated heterocycles. The molecule has 1 aromatic carbocycles. The van der Waals surface area contributed by atoms with E-state index in [0.717, 1.165) is 25.2 Å². The molecule has 0 radical (unpaired) electrons. The molecule has 0 saturated carbocycles. The molecule has 1 aliphatic rings. The van der Waals surface area contributed by atoms with E-state index in [2.05, 4.69) is 10.2 Å². The van der Waals surface area contributed by atoms with Gasteiger partial charge >= 0.3 is 0 Å². The Hall–Kier alpha value is -0.770. The number of phenols is 1. The molecule has 94 valence electrons. The Morgan fingerprint density at radius 2 is 2.35 bits per heavy atom. The molecule has 4 heteroatoms. The van der Waals surface area contributed by atoms with Gasteiger partial charge in [0.25, 0.3) is 0 Å². The van der Waals surface area contributed by atoms with Crippen LogP contribution < -0.4 is 5.32 Å². The highest BCUT2D eigenvalue weighted by Crippen LogP contribution is 2.29. The predicted molar refractivity (Wildman–Crippen MR) is 70.5 cm³/mol. The van der Waals surface area contributed by atoms with Gasteiger partial charge in [-0.05, 0) is 38.6 Å². The second-order valence-electron chi connectivity index (χ2n) is 4.56. The average Bonchev–Trinajstić information content (AvgIpc) is 2.72. The summed E-state index contributed by atoms with van der Waals surface area (Å²) in [7, 11) is 1.98. The van der Waals surface area contributed by atoms with Gasteiger partial charge in [-0.25, -0.2) is 0 Å². The van der Waals surface area contributed by atoms with Crippen molar-refractivity contribution in [3.05, 3.63) is 28.8 Å². The van der Waals surface area contributed by atoms with E-state index in [0.29, 0.717) is 16.8 Å². The molecule has 2 N–H and O–H groups in total. The van der Waals surface area contributed by atoms with Gasteiger partial charge in [0.2, 0.25) is 0 Å². The summed E-state index contributed by atoms with van der Waals surface area (Å²) in [6.45, 7) is 2.81. The van der Waals surface area contributed by atoms with Gasteiger partial charge in [0.1, 0.15) is 5.75 Å². The zero-order valence-corrected chi connectivity index (χ0v) is 10.9. The lowest BCUT2D eigenvalue weighted by Crippen LogP contribution is -2.36. The molecule has 0 aliphatic carbocycles. The first-order valence-corrected chi connectivity index (χ1v) is 6.45. The highest BCUT2D eigenvalue weighted by atomic mass is 35.5. The third-order valence-corrected chi connectivity index (χ3v) is 3.75. The van der Waals surface area contributed by atoms with Gasteiger partial charge in [-0.15, -0.1) is 0 Å². The average molecular weight is 255 g/mol. The van der Waals surface area contributed by atoms with Crippen LogP contribution in [0.1, 0.15) is 18.4 Å². The van der Waals surface area contributed by atoms with Gasteiger partial charge in [0, 0.05) is 29.7 Å². The largest absolute Gasteiger partial charge is 0.508 e. The summed E-state index contributed by atoms with van der Waals surface area (Å²) in [6, 6.07) is 5.86. The Kier molecular flexibility index (Phi) is 4.26. The number of hydrogen-bond donors (Lipinski definition) is 2. The van der Waals surface area contributed by atoms with E-state index in [9.17, 15) is 5.11 Å². The zero-order valence-electron chi connectivity index (χ0n) is 10.1. The first-order valence-electron chi connectivity index (χ1n) is 6.07. The maximum atomic E-state index is 9.84. The van der Waals surface area contributed by atoms with E-state index in [-0.39, 0.29) is 0 Å². The summed E-state index contributed by atoms with van der Waals surface area (Å²) in [5, 5.41) is 13.7. The summed E-state index contributed by atoms with van der Waals surface area (Å²) in [6.07, 6.45) is 2.43. The fourth-order valence-corrected chi connectivity index (χ4v) is 2.71. The van der Waals surface area contributed by atoms with Crippen LogP contribution in [0, 0.1) is 0 Å². The molecule has 1 unspecified atom stereocenters. The van der Waals surface area contributed by atoms with Crippen molar-refractivity contribution in [3.63, 3.8) is 0 Å². The van der Waals surface area contributed by atoms with Gasteiger partial charge in [0.05, 0.1) is 0 Å². The summed E-state index contributed by atoms with van der Waals surface area (Å²) in [4.78, 5) is 2.39. The number of aromatic hydroxyl groups is 1. The lowest BCUT2D eigenvalue weighted by molar-refractivity contribution is 0.239. The zero-order chi connectivity index (χ0) is 12.3. The molecule has 17 heavy (non-hydrogen) atoms. The fourth-order valence-electron chi connectivity index (χ4n) is 2.48. The van der Waals surface area contributed by atoms with Crippen LogP contribution in [-0.4, -0.2) is 36.2 Å². The maximum absolute atomic E-state index is 9.84. The molecular weight excluding hydrogens is 236 g/mol. The lowest BCUT2D eigenvalue weighted by Gasteiger charge is -2.25. The summed E-state index contributed by atoms with van der Waals surface area (Å²) in [5.74, 6) is 0.299. The van der Waals surface area contributed by atoms with E-state index >= 15 is 0 Å². The molecule has 3 nitrogen and oxygen atoms in total. The minimum absolute atomic E-state index is 0.299. The van der Waals surface area contributed by atoms with Crippen molar-refractivity contribution in [1.82, 2.24) is 10.2 Å². The summed E-state index contributed by atoms with van der Waals surface area (Å²) in [5.41, 5.74) is 0.845. The smallest absolute Gasteiger partial charge is 0.121 e. The van der Waals surface area contributed by atoms with Crippen molar-refractivity contribution in [2.24, 2.45) is 0 Å². The highest BCUT2D eigenvalue weighted by Gasteiger charge is 2.25. The Balaban J connectivity index is 2.09. The third kappa shape index (κ3) is 2.92. The molecule has 1 atom stereocenters. The van der Waals surface area contributed by atoms with Crippen LogP contribution in [-0.2, 0) is 6.54 Å². The second kappa shape index (κ2) is 5.71. The van der Waals surface area contributed by atoms with Crippen LogP contribution in [0.4, 0.5) is 0 Å². The van der Waals surface area contributed by atoms with Crippen molar-refractivity contribution < 1.29 is 5.11 Å². The van der Waals surface area contributed by atoms with Crippen molar-refractivity contribution in [2.75, 3.05) is 20.1 Å². The Bertz CT molecular complexity index is 363. The summed E-state index contributed by atoms with van der Waals surface area (Å²) < 4.78 is 0. The Morgan fingerprint density at radius 1 is 1.53 bits per heavy atom. The number of likely N-dealkylation sites (tertiary alicyclic amines) is 1. The molecule has 1 fully saturated rings. The molecule has 0 spiro atoms.